The van der Waals surface area contributed by atoms with Crippen LogP contribution < -0.4 is 5.32 Å². The molecule has 0 amide bonds. The van der Waals surface area contributed by atoms with E-state index in [1.54, 1.807) is 30.5 Å². The molecule has 2 aromatic rings. The van der Waals surface area contributed by atoms with Crippen LogP contribution in [0, 0.1) is 17.3 Å². The summed E-state index contributed by atoms with van der Waals surface area (Å²) >= 11 is 0. The van der Waals surface area contributed by atoms with Gasteiger partial charge < -0.3 is 5.32 Å². The van der Waals surface area contributed by atoms with Crippen LogP contribution in [0.3, 0.4) is 0 Å². The van der Waals surface area contributed by atoms with Crippen LogP contribution in [0.2, 0.25) is 0 Å². The highest BCUT2D eigenvalue weighted by Gasteiger charge is 2.39. The molecule has 0 saturated carbocycles. The first-order chi connectivity index (χ1) is 10.7. The van der Waals surface area contributed by atoms with Gasteiger partial charge in [0.2, 0.25) is 5.95 Å². The minimum absolute atomic E-state index is 0. The zero-order valence-electron chi connectivity index (χ0n) is 12.5. The molecule has 3 nitrogen and oxygen atoms in total. The van der Waals surface area contributed by atoms with Gasteiger partial charge in [0.1, 0.15) is 0 Å². The summed E-state index contributed by atoms with van der Waals surface area (Å²) in [5.41, 5.74) is 2.97. The summed E-state index contributed by atoms with van der Waals surface area (Å²) in [6.07, 6.45) is 5.23. The number of nitriles is 1. The van der Waals surface area contributed by atoms with Crippen LogP contribution in [0.5, 0.6) is 0 Å². The molecule has 23 heavy (non-hydrogen) atoms. The van der Waals surface area contributed by atoms with Crippen molar-refractivity contribution in [3.8, 4) is 17.2 Å². The van der Waals surface area contributed by atoms with Gasteiger partial charge >= 0.3 is 0 Å². The smallest absolute Gasteiger partial charge is 0.220 e. The van der Waals surface area contributed by atoms with Gasteiger partial charge in [-0.3, -0.25) is 0 Å². The van der Waals surface area contributed by atoms with Crippen molar-refractivity contribution in [1.29, 1.82) is 5.26 Å². The maximum atomic E-state index is 14.1. The summed E-state index contributed by atoms with van der Waals surface area (Å²) < 4.78 is 14.1. The Labute approximate surface area is 141 Å². The first-order valence-corrected chi connectivity index (χ1v) is 7.66. The molecule has 2 fully saturated rings. The van der Waals surface area contributed by atoms with E-state index in [1.807, 2.05) is 6.07 Å². The molecule has 3 heterocycles. The number of halogens is 2. The Morgan fingerprint density at radius 2 is 2.00 bits per heavy atom. The predicted octanol–water partition coefficient (Wildman–Crippen LogP) is 3.79. The summed E-state index contributed by atoms with van der Waals surface area (Å²) in [6, 6.07) is 12.1. The number of rotatable bonds is 2. The molecule has 4 rings (SSSR count). The van der Waals surface area contributed by atoms with Crippen LogP contribution in [0.1, 0.15) is 36.3 Å². The van der Waals surface area contributed by atoms with Crippen molar-refractivity contribution in [3.05, 3.63) is 53.6 Å². The van der Waals surface area contributed by atoms with E-state index in [0.717, 1.165) is 17.5 Å². The van der Waals surface area contributed by atoms with Gasteiger partial charge in [0.25, 0.3) is 0 Å². The molecule has 2 aliphatic heterocycles. The fourth-order valence-electron chi connectivity index (χ4n) is 3.79. The number of benzene rings is 1. The van der Waals surface area contributed by atoms with Crippen LogP contribution >= 0.6 is 12.4 Å². The quantitative estimate of drug-likeness (QED) is 0.853. The topological polar surface area (TPSA) is 48.7 Å². The highest BCUT2D eigenvalue weighted by atomic mass is 35.5. The lowest BCUT2D eigenvalue weighted by Gasteiger charge is -2.20. The van der Waals surface area contributed by atoms with Crippen LogP contribution in [0.4, 0.5) is 4.39 Å². The van der Waals surface area contributed by atoms with Crippen molar-refractivity contribution in [2.75, 3.05) is 0 Å². The van der Waals surface area contributed by atoms with Gasteiger partial charge in [-0.15, -0.1) is 12.4 Å². The molecule has 3 atom stereocenters. The zero-order chi connectivity index (χ0) is 15.1. The van der Waals surface area contributed by atoms with Crippen LogP contribution in [0.25, 0.3) is 11.1 Å². The number of fused-ring (bicyclic) bond motifs is 2. The minimum Gasteiger partial charge on any atom is -0.311 e. The maximum Gasteiger partial charge on any atom is 0.220 e. The SMILES string of the molecule is Cl.N#Cc1ccc(-c2cc(C3CC4CCC3N4)cnc2F)cc1. The molecular weight excluding hydrogens is 313 g/mol. The Morgan fingerprint density at radius 3 is 2.61 bits per heavy atom. The third kappa shape index (κ3) is 2.83. The molecule has 1 N–H and O–H groups in total. The third-order valence-electron chi connectivity index (χ3n) is 4.91. The van der Waals surface area contributed by atoms with E-state index in [-0.39, 0.29) is 12.4 Å². The van der Waals surface area contributed by atoms with E-state index in [9.17, 15) is 4.39 Å². The van der Waals surface area contributed by atoms with Crippen molar-refractivity contribution < 1.29 is 4.39 Å². The highest BCUT2D eigenvalue weighted by molar-refractivity contribution is 5.85. The fourth-order valence-corrected chi connectivity index (χ4v) is 3.79. The summed E-state index contributed by atoms with van der Waals surface area (Å²) in [5.74, 6) is -0.0199. The second-order valence-electron chi connectivity index (χ2n) is 6.19. The molecular formula is C18H17ClFN3. The molecule has 0 radical (unpaired) electrons. The molecule has 2 aliphatic rings. The summed E-state index contributed by atoms with van der Waals surface area (Å²) in [6.45, 7) is 0. The monoisotopic (exact) mass is 329 g/mol. The van der Waals surface area contributed by atoms with Crippen LogP contribution in [0.15, 0.2) is 36.5 Å². The van der Waals surface area contributed by atoms with E-state index < -0.39 is 5.95 Å². The number of hydrogen-bond acceptors (Lipinski definition) is 3. The van der Waals surface area contributed by atoms with Gasteiger partial charge in [-0.1, -0.05) is 12.1 Å². The lowest BCUT2D eigenvalue weighted by atomic mass is 9.84. The molecule has 2 bridgehead atoms. The van der Waals surface area contributed by atoms with Gasteiger partial charge in [-0.05, 0) is 48.6 Å². The van der Waals surface area contributed by atoms with Crippen LogP contribution in [-0.2, 0) is 0 Å². The molecule has 1 aromatic carbocycles. The molecule has 2 saturated heterocycles. The molecule has 5 heteroatoms. The number of nitrogens with zero attached hydrogens (tertiary/aromatic N) is 2. The average Bonchev–Trinajstić information content (AvgIpc) is 3.19. The van der Waals surface area contributed by atoms with Gasteiger partial charge in [0, 0.05) is 29.8 Å². The molecule has 1 aromatic heterocycles. The van der Waals surface area contributed by atoms with Crippen molar-refractivity contribution >= 4 is 12.4 Å². The number of nitrogens with one attached hydrogen (secondary N) is 1. The van der Waals surface area contributed by atoms with Crippen molar-refractivity contribution in [1.82, 2.24) is 10.3 Å². The first kappa shape index (κ1) is 15.9. The second kappa shape index (κ2) is 6.27. The van der Waals surface area contributed by atoms with E-state index in [2.05, 4.69) is 16.4 Å². The Bertz CT molecular complexity index is 754. The van der Waals surface area contributed by atoms with Crippen molar-refractivity contribution in [2.24, 2.45) is 0 Å². The van der Waals surface area contributed by atoms with E-state index in [4.69, 9.17) is 5.26 Å². The maximum absolute atomic E-state index is 14.1. The van der Waals surface area contributed by atoms with Crippen LogP contribution in [-0.4, -0.2) is 17.1 Å². The summed E-state index contributed by atoms with van der Waals surface area (Å²) in [4.78, 5) is 3.97. The molecule has 0 spiro atoms. The van der Waals surface area contributed by atoms with Gasteiger partial charge in [-0.25, -0.2) is 4.98 Å². The van der Waals surface area contributed by atoms with Crippen molar-refractivity contribution in [3.63, 3.8) is 0 Å². The van der Waals surface area contributed by atoms with E-state index in [0.29, 0.717) is 29.1 Å². The lowest BCUT2D eigenvalue weighted by Crippen LogP contribution is -2.21. The Balaban J connectivity index is 0.00000156. The number of aromatic nitrogens is 1. The fraction of sp³-hybridized carbons (Fsp3) is 0.333. The van der Waals surface area contributed by atoms with E-state index in [1.165, 1.54) is 12.8 Å². The van der Waals surface area contributed by atoms with Gasteiger partial charge in [-0.2, -0.15) is 9.65 Å². The zero-order valence-corrected chi connectivity index (χ0v) is 13.3. The van der Waals surface area contributed by atoms with Gasteiger partial charge in [0.05, 0.1) is 11.6 Å². The Morgan fingerprint density at radius 1 is 1.22 bits per heavy atom. The minimum atomic E-state index is -0.454. The standard InChI is InChI=1S/C18H16FN3.ClH/c19-18-16(12-3-1-11(9-20)2-4-12)7-13(10-21-18)15-8-14-5-6-17(15)22-14;/h1-4,7,10,14-15,17,22H,5-6,8H2;1H. The Hall–Kier alpha value is -1.96. The van der Waals surface area contributed by atoms with E-state index >= 15 is 0 Å². The first-order valence-electron chi connectivity index (χ1n) is 7.66. The summed E-state index contributed by atoms with van der Waals surface area (Å²) in [5, 5.41) is 12.5. The normalized spacial score (nSPS) is 25.0. The second-order valence-corrected chi connectivity index (χ2v) is 6.19. The molecule has 0 aliphatic carbocycles. The number of pyridine rings is 1. The lowest BCUT2D eigenvalue weighted by molar-refractivity contribution is 0.502. The predicted molar refractivity (Wildman–Crippen MR) is 88.9 cm³/mol. The largest absolute Gasteiger partial charge is 0.311 e. The Kier molecular flexibility index (Phi) is 4.34. The molecule has 118 valence electrons. The number of hydrogen-bond donors (Lipinski definition) is 1. The average molecular weight is 330 g/mol. The third-order valence-corrected chi connectivity index (χ3v) is 4.91. The highest BCUT2D eigenvalue weighted by Crippen LogP contribution is 2.40. The van der Waals surface area contributed by atoms with Gasteiger partial charge in [0.15, 0.2) is 0 Å². The summed E-state index contributed by atoms with van der Waals surface area (Å²) in [7, 11) is 0. The van der Waals surface area contributed by atoms with Crippen molar-refractivity contribution in [2.45, 2.75) is 37.3 Å². The molecule has 3 unspecified atom stereocenters.